The summed E-state index contributed by atoms with van der Waals surface area (Å²) in [7, 11) is 0. The van der Waals surface area contributed by atoms with Crippen LogP contribution in [0, 0.1) is 17.8 Å². The molecule has 3 atom stereocenters. The third-order valence-electron chi connectivity index (χ3n) is 4.17. The van der Waals surface area contributed by atoms with Gasteiger partial charge in [0.2, 0.25) is 0 Å². The van der Waals surface area contributed by atoms with E-state index in [0.717, 1.165) is 37.5 Å². The SMILES string of the molecule is C1CC2CC1CC2COC1CNC1. The van der Waals surface area contributed by atoms with Crippen LogP contribution < -0.4 is 5.32 Å². The van der Waals surface area contributed by atoms with Gasteiger partial charge in [-0.25, -0.2) is 0 Å². The van der Waals surface area contributed by atoms with Crippen molar-refractivity contribution in [2.24, 2.45) is 17.8 Å². The Morgan fingerprint density at radius 3 is 2.62 bits per heavy atom. The van der Waals surface area contributed by atoms with Crippen LogP contribution in [0.4, 0.5) is 0 Å². The van der Waals surface area contributed by atoms with Gasteiger partial charge in [-0.3, -0.25) is 0 Å². The lowest BCUT2D eigenvalue weighted by Crippen LogP contribution is -2.49. The molecule has 2 heteroatoms. The molecule has 74 valence electrons. The van der Waals surface area contributed by atoms with Crippen LogP contribution in [-0.2, 0) is 4.74 Å². The van der Waals surface area contributed by atoms with Crippen molar-refractivity contribution in [3.8, 4) is 0 Å². The molecular weight excluding hydrogens is 162 g/mol. The van der Waals surface area contributed by atoms with Gasteiger partial charge in [-0.1, -0.05) is 6.42 Å². The highest BCUT2D eigenvalue weighted by Crippen LogP contribution is 2.48. The van der Waals surface area contributed by atoms with Crippen molar-refractivity contribution in [1.82, 2.24) is 5.32 Å². The van der Waals surface area contributed by atoms with Crippen LogP contribution >= 0.6 is 0 Å². The van der Waals surface area contributed by atoms with Gasteiger partial charge < -0.3 is 10.1 Å². The van der Waals surface area contributed by atoms with E-state index in [4.69, 9.17) is 4.74 Å². The van der Waals surface area contributed by atoms with Gasteiger partial charge in [-0.05, 0) is 37.0 Å². The van der Waals surface area contributed by atoms with E-state index < -0.39 is 0 Å². The van der Waals surface area contributed by atoms with Gasteiger partial charge >= 0.3 is 0 Å². The van der Waals surface area contributed by atoms with Crippen molar-refractivity contribution in [1.29, 1.82) is 0 Å². The molecule has 0 aromatic rings. The molecule has 2 bridgehead atoms. The maximum Gasteiger partial charge on any atom is 0.0823 e. The van der Waals surface area contributed by atoms with E-state index in [1.165, 1.54) is 25.7 Å². The van der Waals surface area contributed by atoms with Gasteiger partial charge in [0.05, 0.1) is 12.7 Å². The second kappa shape index (κ2) is 3.25. The lowest BCUT2D eigenvalue weighted by molar-refractivity contribution is -0.0103. The van der Waals surface area contributed by atoms with Gasteiger partial charge in [-0.15, -0.1) is 0 Å². The molecule has 3 unspecified atom stereocenters. The predicted octanol–water partition coefficient (Wildman–Crippen LogP) is 1.41. The molecule has 13 heavy (non-hydrogen) atoms. The first-order valence-electron chi connectivity index (χ1n) is 5.74. The molecule has 3 aliphatic rings. The van der Waals surface area contributed by atoms with Crippen LogP contribution in [0.1, 0.15) is 25.7 Å². The van der Waals surface area contributed by atoms with Gasteiger partial charge in [-0.2, -0.15) is 0 Å². The Kier molecular flexibility index (Phi) is 2.06. The molecule has 2 saturated carbocycles. The van der Waals surface area contributed by atoms with E-state index in [1.807, 2.05) is 0 Å². The molecule has 1 N–H and O–H groups in total. The Morgan fingerprint density at radius 2 is 2.08 bits per heavy atom. The lowest BCUT2D eigenvalue weighted by Gasteiger charge is -2.30. The minimum absolute atomic E-state index is 0.541. The Bertz CT molecular complexity index is 191. The van der Waals surface area contributed by atoms with Crippen LogP contribution in [0.25, 0.3) is 0 Å². The molecule has 0 spiro atoms. The normalized spacial score (nSPS) is 43.8. The van der Waals surface area contributed by atoms with Gasteiger partial charge in [0.15, 0.2) is 0 Å². The third-order valence-corrected chi connectivity index (χ3v) is 4.17. The second-order valence-electron chi connectivity index (χ2n) is 5.05. The number of fused-ring (bicyclic) bond motifs is 2. The van der Waals surface area contributed by atoms with Gasteiger partial charge in [0, 0.05) is 13.1 Å². The summed E-state index contributed by atoms with van der Waals surface area (Å²) in [6.45, 7) is 3.22. The van der Waals surface area contributed by atoms with Crippen molar-refractivity contribution >= 4 is 0 Å². The lowest BCUT2D eigenvalue weighted by atomic mass is 9.89. The molecule has 0 amide bonds. The summed E-state index contributed by atoms with van der Waals surface area (Å²) in [5.74, 6) is 3.01. The second-order valence-corrected chi connectivity index (χ2v) is 5.05. The van der Waals surface area contributed by atoms with E-state index >= 15 is 0 Å². The fourth-order valence-corrected chi connectivity index (χ4v) is 3.22. The smallest absolute Gasteiger partial charge is 0.0823 e. The number of hydrogen-bond acceptors (Lipinski definition) is 2. The maximum absolute atomic E-state index is 5.85. The van der Waals surface area contributed by atoms with Crippen molar-refractivity contribution < 1.29 is 4.74 Å². The Morgan fingerprint density at radius 1 is 1.15 bits per heavy atom. The third kappa shape index (κ3) is 1.50. The fraction of sp³-hybridized carbons (Fsp3) is 1.00. The first-order valence-corrected chi connectivity index (χ1v) is 5.74. The van der Waals surface area contributed by atoms with Crippen molar-refractivity contribution in [2.75, 3.05) is 19.7 Å². The number of hydrogen-bond donors (Lipinski definition) is 1. The van der Waals surface area contributed by atoms with E-state index in [9.17, 15) is 0 Å². The minimum Gasteiger partial charge on any atom is -0.375 e. The van der Waals surface area contributed by atoms with Crippen molar-refractivity contribution in [2.45, 2.75) is 31.8 Å². The molecule has 1 saturated heterocycles. The van der Waals surface area contributed by atoms with E-state index in [2.05, 4.69) is 5.32 Å². The molecule has 3 fully saturated rings. The zero-order valence-electron chi connectivity index (χ0n) is 8.17. The summed E-state index contributed by atoms with van der Waals surface area (Å²) >= 11 is 0. The van der Waals surface area contributed by atoms with Crippen LogP contribution in [0.5, 0.6) is 0 Å². The molecule has 0 radical (unpaired) electrons. The average Bonchev–Trinajstić information content (AvgIpc) is 2.61. The summed E-state index contributed by atoms with van der Waals surface area (Å²) < 4.78 is 5.85. The molecule has 1 heterocycles. The molecule has 0 aromatic heterocycles. The first kappa shape index (κ1) is 8.25. The summed E-state index contributed by atoms with van der Waals surface area (Å²) in [5, 5.41) is 3.25. The Balaban J connectivity index is 1.45. The average molecular weight is 181 g/mol. The molecule has 0 aromatic carbocycles. The molecule has 2 aliphatic carbocycles. The van der Waals surface area contributed by atoms with E-state index in [-0.39, 0.29) is 0 Å². The number of nitrogens with one attached hydrogen (secondary N) is 1. The highest BCUT2D eigenvalue weighted by molar-refractivity contribution is 4.90. The zero-order chi connectivity index (χ0) is 8.67. The molecule has 1 aliphatic heterocycles. The Labute approximate surface area is 80.0 Å². The zero-order valence-corrected chi connectivity index (χ0v) is 8.17. The quantitative estimate of drug-likeness (QED) is 0.711. The van der Waals surface area contributed by atoms with E-state index in [0.29, 0.717) is 6.10 Å². The standard InChI is InChI=1S/C11H19NO/c1-2-9-3-8(1)4-10(9)7-13-11-5-12-6-11/h8-12H,1-7H2. The molecule has 2 nitrogen and oxygen atoms in total. The summed E-state index contributed by atoms with van der Waals surface area (Å²) in [6.07, 6.45) is 6.51. The van der Waals surface area contributed by atoms with Gasteiger partial charge in [0.1, 0.15) is 0 Å². The van der Waals surface area contributed by atoms with Crippen LogP contribution in [0.3, 0.4) is 0 Å². The summed E-state index contributed by atoms with van der Waals surface area (Å²) in [5.41, 5.74) is 0. The van der Waals surface area contributed by atoms with Crippen LogP contribution in [0.2, 0.25) is 0 Å². The Hall–Kier alpha value is -0.0800. The maximum atomic E-state index is 5.85. The van der Waals surface area contributed by atoms with E-state index in [1.54, 1.807) is 0 Å². The number of ether oxygens (including phenoxy) is 1. The van der Waals surface area contributed by atoms with Gasteiger partial charge in [0.25, 0.3) is 0 Å². The first-order chi connectivity index (χ1) is 6.42. The number of rotatable bonds is 3. The monoisotopic (exact) mass is 181 g/mol. The molecular formula is C11H19NO. The van der Waals surface area contributed by atoms with Crippen LogP contribution in [-0.4, -0.2) is 25.8 Å². The highest BCUT2D eigenvalue weighted by Gasteiger charge is 2.39. The predicted molar refractivity (Wildman–Crippen MR) is 51.5 cm³/mol. The summed E-state index contributed by atoms with van der Waals surface area (Å²) in [4.78, 5) is 0. The fourth-order valence-electron chi connectivity index (χ4n) is 3.22. The highest BCUT2D eigenvalue weighted by atomic mass is 16.5. The summed E-state index contributed by atoms with van der Waals surface area (Å²) in [6, 6.07) is 0. The van der Waals surface area contributed by atoms with Crippen molar-refractivity contribution in [3.63, 3.8) is 0 Å². The largest absolute Gasteiger partial charge is 0.375 e. The topological polar surface area (TPSA) is 21.3 Å². The van der Waals surface area contributed by atoms with Crippen molar-refractivity contribution in [3.05, 3.63) is 0 Å². The molecule has 3 rings (SSSR count). The van der Waals surface area contributed by atoms with Crippen LogP contribution in [0.15, 0.2) is 0 Å². The minimum atomic E-state index is 0.541.